The Bertz CT molecular complexity index is 288. The van der Waals surface area contributed by atoms with Crippen LogP contribution in [0.1, 0.15) is 18.9 Å². The first-order valence-electron chi connectivity index (χ1n) is 3.55. The highest BCUT2D eigenvalue weighted by Crippen LogP contribution is 2.12. The van der Waals surface area contributed by atoms with Crippen LogP contribution in [-0.4, -0.2) is 5.11 Å². The van der Waals surface area contributed by atoms with Crippen molar-refractivity contribution in [3.8, 4) is 5.75 Å². The molecule has 60 valence electrons. The van der Waals surface area contributed by atoms with Gasteiger partial charge in [0.15, 0.2) is 0 Å². The smallest absolute Gasteiger partial charge is 0.342 e. The quantitative estimate of drug-likeness (QED) is 0.698. The van der Waals surface area contributed by atoms with Crippen LogP contribution in [0.3, 0.4) is 0 Å². The van der Waals surface area contributed by atoms with Gasteiger partial charge in [-0.05, 0) is 6.42 Å². The monoisotopic (exact) mass is 154 g/mol. The summed E-state index contributed by atoms with van der Waals surface area (Å²) in [6.45, 7) is 1.94. The van der Waals surface area contributed by atoms with E-state index in [0.29, 0.717) is 12.0 Å². The highest BCUT2D eigenvalue weighted by molar-refractivity contribution is 5.26. The summed E-state index contributed by atoms with van der Waals surface area (Å²) < 4.78 is 4.58. The largest absolute Gasteiger partial charge is 0.507 e. The molecule has 0 aromatic carbocycles. The lowest BCUT2D eigenvalue weighted by Gasteiger charge is -1.97. The maximum atomic E-state index is 10.9. The zero-order valence-corrected chi connectivity index (χ0v) is 6.33. The molecule has 0 aliphatic rings. The number of hydrogen-bond acceptors (Lipinski definition) is 3. The van der Waals surface area contributed by atoms with Crippen LogP contribution in [0, 0.1) is 0 Å². The summed E-state index contributed by atoms with van der Waals surface area (Å²) in [6.07, 6.45) is 2.58. The van der Waals surface area contributed by atoms with Gasteiger partial charge in [-0.1, -0.05) is 13.3 Å². The van der Waals surface area contributed by atoms with Gasteiger partial charge in [-0.3, -0.25) is 0 Å². The second-order valence-corrected chi connectivity index (χ2v) is 2.32. The predicted octanol–water partition coefficient (Wildman–Crippen LogP) is 1.30. The normalized spacial score (nSPS) is 9.91. The second-order valence-electron chi connectivity index (χ2n) is 2.32. The summed E-state index contributed by atoms with van der Waals surface area (Å²) in [5.74, 6) is 0.0306. The van der Waals surface area contributed by atoms with Crippen LogP contribution in [0.5, 0.6) is 5.75 Å². The van der Waals surface area contributed by atoms with Crippen molar-refractivity contribution in [1.29, 1.82) is 0 Å². The minimum absolute atomic E-state index is 0.0306. The topological polar surface area (TPSA) is 50.4 Å². The molecule has 0 bridgehead atoms. The molecule has 0 unspecified atom stereocenters. The van der Waals surface area contributed by atoms with Gasteiger partial charge in [0.25, 0.3) is 0 Å². The molecule has 1 aromatic rings. The first-order valence-corrected chi connectivity index (χ1v) is 3.55. The lowest BCUT2D eigenvalue weighted by molar-refractivity contribution is 0.434. The van der Waals surface area contributed by atoms with Crippen LogP contribution in [0.25, 0.3) is 0 Å². The van der Waals surface area contributed by atoms with Crippen molar-refractivity contribution in [2.75, 3.05) is 0 Å². The Kier molecular flexibility index (Phi) is 2.31. The molecule has 1 rings (SSSR count). The van der Waals surface area contributed by atoms with E-state index in [9.17, 15) is 4.79 Å². The minimum Gasteiger partial charge on any atom is -0.507 e. The van der Waals surface area contributed by atoms with Crippen molar-refractivity contribution < 1.29 is 9.52 Å². The summed E-state index contributed by atoms with van der Waals surface area (Å²) >= 11 is 0. The van der Waals surface area contributed by atoms with Crippen molar-refractivity contribution in [2.45, 2.75) is 19.8 Å². The molecule has 11 heavy (non-hydrogen) atoms. The lowest BCUT2D eigenvalue weighted by atomic mass is 10.1. The van der Waals surface area contributed by atoms with Crippen LogP contribution < -0.4 is 5.63 Å². The van der Waals surface area contributed by atoms with Crippen LogP contribution in [-0.2, 0) is 6.42 Å². The van der Waals surface area contributed by atoms with Gasteiger partial charge >= 0.3 is 5.63 Å². The summed E-state index contributed by atoms with van der Waals surface area (Å²) in [6, 6.07) is 1.38. The summed E-state index contributed by atoms with van der Waals surface area (Å²) in [5, 5.41) is 9.16. The molecule has 3 nitrogen and oxygen atoms in total. The third kappa shape index (κ3) is 1.61. The zero-order chi connectivity index (χ0) is 8.27. The van der Waals surface area contributed by atoms with Crippen LogP contribution in [0.15, 0.2) is 21.5 Å². The molecule has 0 aliphatic heterocycles. The second kappa shape index (κ2) is 3.23. The molecule has 0 aliphatic carbocycles. The highest BCUT2D eigenvalue weighted by Gasteiger charge is 2.04. The first-order chi connectivity index (χ1) is 5.25. The molecular formula is C8H10O3. The van der Waals surface area contributed by atoms with Crippen molar-refractivity contribution in [1.82, 2.24) is 0 Å². The Morgan fingerprint density at radius 2 is 2.36 bits per heavy atom. The van der Waals surface area contributed by atoms with Gasteiger partial charge in [0.1, 0.15) is 5.75 Å². The van der Waals surface area contributed by atoms with E-state index < -0.39 is 5.63 Å². The van der Waals surface area contributed by atoms with Crippen molar-refractivity contribution >= 4 is 0 Å². The summed E-state index contributed by atoms with van der Waals surface area (Å²) in [7, 11) is 0. The van der Waals surface area contributed by atoms with E-state index in [4.69, 9.17) is 5.11 Å². The fourth-order valence-corrected chi connectivity index (χ4v) is 0.917. The molecule has 1 aromatic heterocycles. The van der Waals surface area contributed by atoms with E-state index in [-0.39, 0.29) is 5.75 Å². The van der Waals surface area contributed by atoms with Crippen LogP contribution in [0.2, 0.25) is 0 Å². The molecule has 0 saturated heterocycles. The Labute approximate surface area is 64.3 Å². The fraction of sp³-hybridized carbons (Fsp3) is 0.375. The van der Waals surface area contributed by atoms with Crippen LogP contribution in [0.4, 0.5) is 0 Å². The number of aromatic hydroxyl groups is 1. The van der Waals surface area contributed by atoms with Gasteiger partial charge in [0.05, 0.1) is 11.8 Å². The Balaban J connectivity index is 3.10. The molecular weight excluding hydrogens is 144 g/mol. The molecule has 0 radical (unpaired) electrons. The average molecular weight is 154 g/mol. The SMILES string of the molecule is CCCc1c(O)ccoc1=O. The Morgan fingerprint density at radius 1 is 1.64 bits per heavy atom. The Hall–Kier alpha value is -1.25. The van der Waals surface area contributed by atoms with Gasteiger partial charge in [0, 0.05) is 6.07 Å². The summed E-state index contributed by atoms with van der Waals surface area (Å²) in [5.41, 5.74) is -0.0677. The molecule has 1 N–H and O–H groups in total. The lowest BCUT2D eigenvalue weighted by Crippen LogP contribution is -2.05. The van der Waals surface area contributed by atoms with Gasteiger partial charge in [-0.25, -0.2) is 4.79 Å². The van der Waals surface area contributed by atoms with Crippen molar-refractivity contribution in [2.24, 2.45) is 0 Å². The van der Waals surface area contributed by atoms with Crippen LogP contribution >= 0.6 is 0 Å². The molecule has 0 saturated carbocycles. The summed E-state index contributed by atoms with van der Waals surface area (Å²) in [4.78, 5) is 10.9. The van der Waals surface area contributed by atoms with E-state index in [0.717, 1.165) is 6.42 Å². The van der Waals surface area contributed by atoms with E-state index >= 15 is 0 Å². The molecule has 0 fully saturated rings. The zero-order valence-electron chi connectivity index (χ0n) is 6.33. The maximum Gasteiger partial charge on any atom is 0.342 e. The maximum absolute atomic E-state index is 10.9. The standard InChI is InChI=1S/C8H10O3/c1-2-3-6-7(9)4-5-11-8(6)10/h4-5,9H,2-3H2,1H3. The predicted molar refractivity (Wildman–Crippen MR) is 40.6 cm³/mol. The fourth-order valence-electron chi connectivity index (χ4n) is 0.917. The van der Waals surface area contributed by atoms with Gasteiger partial charge in [-0.15, -0.1) is 0 Å². The third-order valence-electron chi connectivity index (χ3n) is 1.46. The van der Waals surface area contributed by atoms with Gasteiger partial charge in [-0.2, -0.15) is 0 Å². The minimum atomic E-state index is -0.438. The van der Waals surface area contributed by atoms with Gasteiger partial charge < -0.3 is 9.52 Å². The average Bonchev–Trinajstić information content (AvgIpc) is 1.97. The molecule has 0 atom stereocenters. The number of hydrogen-bond donors (Lipinski definition) is 1. The third-order valence-corrected chi connectivity index (χ3v) is 1.46. The van der Waals surface area contributed by atoms with Crippen molar-refractivity contribution in [3.63, 3.8) is 0 Å². The number of rotatable bonds is 2. The van der Waals surface area contributed by atoms with E-state index in [1.54, 1.807) is 0 Å². The molecule has 0 spiro atoms. The first kappa shape index (κ1) is 7.85. The molecule has 0 amide bonds. The molecule has 1 heterocycles. The van der Waals surface area contributed by atoms with E-state index in [1.165, 1.54) is 12.3 Å². The molecule has 3 heteroatoms. The van der Waals surface area contributed by atoms with Crippen molar-refractivity contribution in [3.05, 3.63) is 28.3 Å². The Morgan fingerprint density at radius 3 is 2.91 bits per heavy atom. The highest BCUT2D eigenvalue weighted by atomic mass is 16.4. The van der Waals surface area contributed by atoms with E-state index in [1.807, 2.05) is 6.92 Å². The van der Waals surface area contributed by atoms with Gasteiger partial charge in [0.2, 0.25) is 0 Å². The van der Waals surface area contributed by atoms with E-state index in [2.05, 4.69) is 4.42 Å².